The van der Waals surface area contributed by atoms with Crippen molar-refractivity contribution in [3.8, 4) is 0 Å². The van der Waals surface area contributed by atoms with Gasteiger partial charge < -0.3 is 10.2 Å². The number of fused-ring (bicyclic) bond motifs is 5. The predicted molar refractivity (Wildman–Crippen MR) is 130 cm³/mol. The minimum absolute atomic E-state index is 0.0999. The van der Waals surface area contributed by atoms with Crippen molar-refractivity contribution in [2.45, 2.75) is 105 Å². The number of hydrogen-bond donors (Lipinski definition) is 2. The summed E-state index contributed by atoms with van der Waals surface area (Å²) in [5.41, 5.74) is 3.90. The summed E-state index contributed by atoms with van der Waals surface area (Å²) in [6.45, 7) is 12.4. The van der Waals surface area contributed by atoms with Gasteiger partial charge in [0.25, 0.3) is 0 Å². The molecular formula is C29H48O2. The van der Waals surface area contributed by atoms with Gasteiger partial charge in [0.2, 0.25) is 0 Å². The number of hydrogen-bond acceptors (Lipinski definition) is 2. The summed E-state index contributed by atoms with van der Waals surface area (Å²) in [6, 6.07) is 0. The van der Waals surface area contributed by atoms with E-state index in [0.717, 1.165) is 48.9 Å². The van der Waals surface area contributed by atoms with E-state index in [1.54, 1.807) is 5.57 Å². The van der Waals surface area contributed by atoms with Crippen LogP contribution in [0.3, 0.4) is 0 Å². The van der Waals surface area contributed by atoms with Gasteiger partial charge in [-0.3, -0.25) is 0 Å². The van der Waals surface area contributed by atoms with Crippen molar-refractivity contribution in [1.82, 2.24) is 0 Å². The molecule has 4 aliphatic carbocycles. The number of aliphatic hydroxyl groups is 2. The molecular weight excluding hydrogens is 380 g/mol. The van der Waals surface area contributed by atoms with E-state index < -0.39 is 0 Å². The Kier molecular flexibility index (Phi) is 6.82. The summed E-state index contributed by atoms with van der Waals surface area (Å²) in [4.78, 5) is 0. The van der Waals surface area contributed by atoms with E-state index >= 15 is 0 Å². The Labute approximate surface area is 191 Å². The first-order chi connectivity index (χ1) is 14.7. The fourth-order valence-electron chi connectivity index (χ4n) is 8.96. The predicted octanol–water partition coefficient (Wildman–Crippen LogP) is 6.92. The second kappa shape index (κ2) is 8.98. The molecule has 0 aromatic rings. The van der Waals surface area contributed by atoms with Crippen LogP contribution in [0.4, 0.5) is 0 Å². The number of rotatable bonds is 6. The monoisotopic (exact) mass is 428 g/mol. The van der Waals surface area contributed by atoms with Crippen LogP contribution < -0.4 is 0 Å². The van der Waals surface area contributed by atoms with Gasteiger partial charge in [0, 0.05) is 0 Å². The van der Waals surface area contributed by atoms with Crippen molar-refractivity contribution in [2.75, 3.05) is 6.61 Å². The molecule has 2 N–H and O–H groups in total. The summed E-state index contributed by atoms with van der Waals surface area (Å²) >= 11 is 0. The van der Waals surface area contributed by atoms with Crippen molar-refractivity contribution in [3.63, 3.8) is 0 Å². The van der Waals surface area contributed by atoms with Gasteiger partial charge in [0.05, 0.1) is 12.7 Å². The highest BCUT2D eigenvalue weighted by molar-refractivity contribution is 5.25. The van der Waals surface area contributed by atoms with Crippen LogP contribution in [-0.4, -0.2) is 22.9 Å². The normalized spacial score (nSPS) is 43.8. The zero-order valence-electron chi connectivity index (χ0n) is 20.9. The molecule has 3 saturated carbocycles. The molecule has 31 heavy (non-hydrogen) atoms. The quantitative estimate of drug-likeness (QED) is 0.451. The van der Waals surface area contributed by atoms with Crippen molar-refractivity contribution in [1.29, 1.82) is 0 Å². The Hall–Kier alpha value is -0.600. The van der Waals surface area contributed by atoms with Crippen LogP contribution in [0.2, 0.25) is 0 Å². The van der Waals surface area contributed by atoms with Crippen LogP contribution in [0.5, 0.6) is 0 Å². The van der Waals surface area contributed by atoms with Gasteiger partial charge in [-0.2, -0.15) is 0 Å². The third kappa shape index (κ3) is 4.10. The molecule has 3 fully saturated rings. The molecule has 4 aliphatic rings. The van der Waals surface area contributed by atoms with Crippen LogP contribution in [0.15, 0.2) is 23.3 Å². The molecule has 0 aromatic heterocycles. The first-order valence-electron chi connectivity index (χ1n) is 13.4. The summed E-state index contributed by atoms with van der Waals surface area (Å²) < 4.78 is 0. The smallest absolute Gasteiger partial charge is 0.0615 e. The fourth-order valence-corrected chi connectivity index (χ4v) is 8.96. The molecule has 0 spiro atoms. The Morgan fingerprint density at radius 3 is 2.58 bits per heavy atom. The van der Waals surface area contributed by atoms with Gasteiger partial charge in [0.15, 0.2) is 0 Å². The maximum atomic E-state index is 10.2. The first kappa shape index (κ1) is 23.6. The summed E-state index contributed by atoms with van der Waals surface area (Å²) in [5.74, 6) is 4.75. The Morgan fingerprint density at radius 1 is 1.10 bits per heavy atom. The van der Waals surface area contributed by atoms with Gasteiger partial charge in [0.1, 0.15) is 0 Å². The third-order valence-electron chi connectivity index (χ3n) is 10.8. The van der Waals surface area contributed by atoms with Crippen LogP contribution in [0, 0.1) is 46.3 Å². The molecule has 0 heterocycles. The standard InChI is InChI=1S/C29H48O2/c1-19(2)21(14-17-30)7-6-20(3)25-10-11-26-24-9-8-22-18-23(31)12-15-28(22,4)27(24)13-16-29(25,26)5/h8,14,19-20,23-27,30-31H,6-7,9-13,15-18H2,1-5H3. The van der Waals surface area contributed by atoms with Crippen molar-refractivity contribution in [3.05, 3.63) is 23.3 Å². The van der Waals surface area contributed by atoms with E-state index in [1.165, 1.54) is 50.5 Å². The Balaban J connectivity index is 1.47. The lowest BCUT2D eigenvalue weighted by molar-refractivity contribution is -0.0571. The van der Waals surface area contributed by atoms with E-state index in [9.17, 15) is 10.2 Å². The SMILES string of the molecule is CC(C)C(=CCO)CCC(C)C1CCC2C3CC=C4CC(O)CCC4(C)C3CCC12C. The topological polar surface area (TPSA) is 40.5 Å². The molecule has 0 aromatic carbocycles. The molecule has 0 aliphatic heterocycles. The van der Waals surface area contributed by atoms with Crippen LogP contribution in [0.25, 0.3) is 0 Å². The second-order valence-electron chi connectivity index (χ2n) is 12.5. The third-order valence-corrected chi connectivity index (χ3v) is 10.8. The van der Waals surface area contributed by atoms with Crippen molar-refractivity contribution in [2.24, 2.45) is 46.3 Å². The zero-order valence-corrected chi connectivity index (χ0v) is 20.9. The molecule has 2 heteroatoms. The number of allylic oxidation sites excluding steroid dienone is 2. The average Bonchev–Trinajstić information content (AvgIpc) is 3.08. The lowest BCUT2D eigenvalue weighted by Crippen LogP contribution is -2.50. The van der Waals surface area contributed by atoms with Crippen molar-refractivity contribution >= 4 is 0 Å². The van der Waals surface area contributed by atoms with Crippen LogP contribution in [-0.2, 0) is 0 Å². The van der Waals surface area contributed by atoms with E-state index in [4.69, 9.17) is 0 Å². The van der Waals surface area contributed by atoms with Gasteiger partial charge in [-0.05, 0) is 111 Å². The van der Waals surface area contributed by atoms with E-state index in [2.05, 4.69) is 46.8 Å². The van der Waals surface area contributed by atoms with Gasteiger partial charge in [-0.15, -0.1) is 0 Å². The van der Waals surface area contributed by atoms with E-state index in [1.807, 2.05) is 0 Å². The lowest BCUT2D eigenvalue weighted by Gasteiger charge is -2.58. The van der Waals surface area contributed by atoms with E-state index in [0.29, 0.717) is 16.7 Å². The first-order valence-corrected chi connectivity index (χ1v) is 13.4. The highest BCUT2D eigenvalue weighted by Crippen LogP contribution is 2.67. The minimum atomic E-state index is -0.0999. The van der Waals surface area contributed by atoms with Crippen molar-refractivity contribution < 1.29 is 10.2 Å². The Bertz CT molecular complexity index is 706. The maximum absolute atomic E-state index is 10.2. The maximum Gasteiger partial charge on any atom is 0.0615 e. The largest absolute Gasteiger partial charge is 0.393 e. The molecule has 176 valence electrons. The molecule has 4 rings (SSSR count). The zero-order chi connectivity index (χ0) is 22.4. The average molecular weight is 429 g/mol. The molecule has 2 nitrogen and oxygen atoms in total. The molecule has 8 unspecified atom stereocenters. The molecule has 0 saturated heterocycles. The van der Waals surface area contributed by atoms with Gasteiger partial charge in [-0.25, -0.2) is 0 Å². The second-order valence-corrected chi connectivity index (χ2v) is 12.5. The molecule has 8 atom stereocenters. The summed E-state index contributed by atoms with van der Waals surface area (Å²) in [7, 11) is 0. The Morgan fingerprint density at radius 2 is 1.87 bits per heavy atom. The molecule has 0 bridgehead atoms. The van der Waals surface area contributed by atoms with Gasteiger partial charge >= 0.3 is 0 Å². The molecule has 0 amide bonds. The van der Waals surface area contributed by atoms with Gasteiger partial charge in [-0.1, -0.05) is 57.9 Å². The summed E-state index contributed by atoms with van der Waals surface area (Å²) in [5, 5.41) is 19.6. The highest BCUT2D eigenvalue weighted by Gasteiger charge is 2.59. The van der Waals surface area contributed by atoms with Crippen LogP contribution in [0.1, 0.15) is 98.8 Å². The highest BCUT2D eigenvalue weighted by atomic mass is 16.3. The van der Waals surface area contributed by atoms with E-state index in [-0.39, 0.29) is 12.7 Å². The fraction of sp³-hybridized carbons (Fsp3) is 0.862. The minimum Gasteiger partial charge on any atom is -0.393 e. The summed E-state index contributed by atoms with van der Waals surface area (Å²) in [6.07, 6.45) is 17.0. The molecule has 0 radical (unpaired) electrons. The van der Waals surface area contributed by atoms with Crippen LogP contribution >= 0.6 is 0 Å². The number of aliphatic hydroxyl groups excluding tert-OH is 2. The lowest BCUT2D eigenvalue weighted by atomic mass is 9.47.